The maximum atomic E-state index is 11.8. The van der Waals surface area contributed by atoms with Crippen LogP contribution in [0.25, 0.3) is 0 Å². The van der Waals surface area contributed by atoms with Gasteiger partial charge in [0.2, 0.25) is 5.91 Å². The molecule has 1 atom stereocenters. The van der Waals surface area contributed by atoms with E-state index in [2.05, 4.69) is 10.6 Å². The van der Waals surface area contributed by atoms with Crippen molar-refractivity contribution in [2.45, 2.75) is 32.3 Å². The number of amides is 2. The van der Waals surface area contributed by atoms with Crippen molar-refractivity contribution in [3.63, 3.8) is 0 Å². The highest BCUT2D eigenvalue weighted by Crippen LogP contribution is 2.33. The van der Waals surface area contributed by atoms with Crippen molar-refractivity contribution >= 4 is 23.2 Å². The van der Waals surface area contributed by atoms with Crippen LogP contribution >= 0.6 is 0 Å². The minimum Gasteiger partial charge on any atom is -0.479 e. The summed E-state index contributed by atoms with van der Waals surface area (Å²) in [5, 5.41) is 5.64. The molecule has 2 N–H and O–H groups in total. The summed E-state index contributed by atoms with van der Waals surface area (Å²) in [5.41, 5.74) is 1.30. The summed E-state index contributed by atoms with van der Waals surface area (Å²) in [7, 11) is 0. The van der Waals surface area contributed by atoms with Crippen LogP contribution in [0.3, 0.4) is 0 Å². The van der Waals surface area contributed by atoms with Gasteiger partial charge in [0.05, 0.1) is 5.69 Å². The Labute approximate surface area is 111 Å². The average Bonchev–Trinajstić information content (AvgIpc) is 2.28. The summed E-state index contributed by atoms with van der Waals surface area (Å²) in [6, 6.07) is 5.29. The van der Waals surface area contributed by atoms with Crippen LogP contribution in [0.4, 0.5) is 11.4 Å². The highest BCUT2D eigenvalue weighted by molar-refractivity contribution is 5.99. The Morgan fingerprint density at radius 1 is 1.42 bits per heavy atom. The lowest BCUT2D eigenvalue weighted by molar-refractivity contribution is -0.123. The van der Waals surface area contributed by atoms with E-state index in [9.17, 15) is 9.59 Å². The number of benzene rings is 1. The van der Waals surface area contributed by atoms with Crippen molar-refractivity contribution in [1.82, 2.24) is 0 Å². The Morgan fingerprint density at radius 3 is 2.89 bits per heavy atom. The number of fused-ring (bicyclic) bond motifs is 1. The maximum absolute atomic E-state index is 11.8. The van der Waals surface area contributed by atoms with Crippen LogP contribution in [-0.2, 0) is 9.59 Å². The van der Waals surface area contributed by atoms with Gasteiger partial charge in [-0.25, -0.2) is 0 Å². The highest BCUT2D eigenvalue weighted by atomic mass is 16.5. The number of ether oxygens (including phenoxy) is 1. The molecule has 100 valence electrons. The molecular formula is C14H16N2O3. The highest BCUT2D eigenvalue weighted by Gasteiger charge is 2.26. The second kappa shape index (κ2) is 4.57. The van der Waals surface area contributed by atoms with Crippen molar-refractivity contribution in [3.05, 3.63) is 18.2 Å². The summed E-state index contributed by atoms with van der Waals surface area (Å²) in [4.78, 5) is 23.4. The van der Waals surface area contributed by atoms with Gasteiger partial charge in [-0.1, -0.05) is 6.42 Å². The van der Waals surface area contributed by atoms with E-state index >= 15 is 0 Å². The van der Waals surface area contributed by atoms with E-state index < -0.39 is 6.10 Å². The zero-order valence-electron chi connectivity index (χ0n) is 10.7. The normalized spacial score (nSPS) is 21.7. The Morgan fingerprint density at radius 2 is 2.21 bits per heavy atom. The first-order chi connectivity index (χ1) is 9.13. The number of anilines is 2. The zero-order chi connectivity index (χ0) is 13.4. The van der Waals surface area contributed by atoms with Gasteiger partial charge in [0.15, 0.2) is 6.10 Å². The smallest absolute Gasteiger partial charge is 0.265 e. The van der Waals surface area contributed by atoms with Crippen molar-refractivity contribution < 1.29 is 14.3 Å². The SMILES string of the molecule is C[C@H]1Oc2ccc(NC(=O)C3CCC3)cc2NC1=O. The number of carbonyl (C=O) groups excluding carboxylic acids is 2. The quantitative estimate of drug-likeness (QED) is 0.856. The van der Waals surface area contributed by atoms with Crippen LogP contribution < -0.4 is 15.4 Å². The molecule has 1 aromatic rings. The van der Waals surface area contributed by atoms with Gasteiger partial charge in [-0.05, 0) is 38.0 Å². The molecule has 5 heteroatoms. The Bertz CT molecular complexity index is 537. The zero-order valence-corrected chi connectivity index (χ0v) is 10.7. The fraction of sp³-hybridized carbons (Fsp3) is 0.429. The van der Waals surface area contributed by atoms with Crippen molar-refractivity contribution in [2.75, 3.05) is 10.6 Å². The number of carbonyl (C=O) groups is 2. The molecule has 1 saturated carbocycles. The van der Waals surface area contributed by atoms with Gasteiger partial charge in [-0.3, -0.25) is 9.59 Å². The van der Waals surface area contributed by atoms with Gasteiger partial charge in [0, 0.05) is 11.6 Å². The summed E-state index contributed by atoms with van der Waals surface area (Å²) in [5.74, 6) is 0.660. The van der Waals surface area contributed by atoms with Gasteiger partial charge >= 0.3 is 0 Å². The second-order valence-corrected chi connectivity index (χ2v) is 5.08. The monoisotopic (exact) mass is 260 g/mol. The van der Waals surface area contributed by atoms with E-state index in [1.165, 1.54) is 0 Å². The molecule has 1 aliphatic carbocycles. The molecule has 2 amide bonds. The first kappa shape index (κ1) is 12.0. The third-order valence-electron chi connectivity index (χ3n) is 3.65. The van der Waals surface area contributed by atoms with Gasteiger partial charge in [-0.2, -0.15) is 0 Å². The predicted molar refractivity (Wildman–Crippen MR) is 71.1 cm³/mol. The Hall–Kier alpha value is -2.04. The number of hydrogen-bond acceptors (Lipinski definition) is 3. The van der Waals surface area contributed by atoms with E-state index in [0.29, 0.717) is 17.1 Å². The lowest BCUT2D eigenvalue weighted by Crippen LogP contribution is -2.34. The standard InChI is InChI=1S/C14H16N2O3/c1-8-13(17)16-11-7-10(5-6-12(11)19-8)15-14(18)9-3-2-4-9/h5-9H,2-4H2,1H3,(H,15,18)(H,16,17)/t8-/m1/s1. The van der Waals surface area contributed by atoms with Crippen LogP contribution in [-0.4, -0.2) is 17.9 Å². The van der Waals surface area contributed by atoms with Crippen LogP contribution in [0, 0.1) is 5.92 Å². The minimum absolute atomic E-state index is 0.0580. The molecule has 0 bridgehead atoms. The molecule has 0 saturated heterocycles. The van der Waals surface area contributed by atoms with E-state index in [0.717, 1.165) is 19.3 Å². The Kier molecular flexibility index (Phi) is 2.89. The molecule has 1 aromatic carbocycles. The van der Waals surface area contributed by atoms with E-state index in [1.807, 2.05) is 0 Å². The van der Waals surface area contributed by atoms with E-state index in [1.54, 1.807) is 25.1 Å². The van der Waals surface area contributed by atoms with Crippen LogP contribution in [0.2, 0.25) is 0 Å². The summed E-state index contributed by atoms with van der Waals surface area (Å²) in [6.07, 6.45) is 2.58. The molecular weight excluding hydrogens is 244 g/mol. The molecule has 0 spiro atoms. The van der Waals surface area contributed by atoms with E-state index in [-0.39, 0.29) is 17.7 Å². The van der Waals surface area contributed by atoms with Crippen LogP contribution in [0.15, 0.2) is 18.2 Å². The molecule has 19 heavy (non-hydrogen) atoms. The van der Waals surface area contributed by atoms with Crippen molar-refractivity contribution in [3.8, 4) is 5.75 Å². The molecule has 0 aromatic heterocycles. The fourth-order valence-corrected chi connectivity index (χ4v) is 2.20. The molecule has 5 nitrogen and oxygen atoms in total. The summed E-state index contributed by atoms with van der Waals surface area (Å²) >= 11 is 0. The molecule has 3 rings (SSSR count). The van der Waals surface area contributed by atoms with Crippen molar-refractivity contribution in [2.24, 2.45) is 5.92 Å². The van der Waals surface area contributed by atoms with Crippen molar-refractivity contribution in [1.29, 1.82) is 0 Å². The lowest BCUT2D eigenvalue weighted by atomic mass is 9.85. The largest absolute Gasteiger partial charge is 0.479 e. The third-order valence-corrected chi connectivity index (χ3v) is 3.65. The molecule has 1 heterocycles. The molecule has 0 unspecified atom stereocenters. The second-order valence-electron chi connectivity index (χ2n) is 5.08. The van der Waals surface area contributed by atoms with E-state index in [4.69, 9.17) is 4.74 Å². The van der Waals surface area contributed by atoms with Gasteiger partial charge in [0.25, 0.3) is 5.91 Å². The minimum atomic E-state index is -0.483. The van der Waals surface area contributed by atoms with Gasteiger partial charge in [-0.15, -0.1) is 0 Å². The van der Waals surface area contributed by atoms with Gasteiger partial charge < -0.3 is 15.4 Å². The number of nitrogens with one attached hydrogen (secondary N) is 2. The first-order valence-electron chi connectivity index (χ1n) is 6.56. The van der Waals surface area contributed by atoms with Crippen LogP contribution in [0.1, 0.15) is 26.2 Å². The maximum Gasteiger partial charge on any atom is 0.265 e. The Balaban J connectivity index is 1.75. The molecule has 2 aliphatic rings. The lowest BCUT2D eigenvalue weighted by Gasteiger charge is -2.26. The van der Waals surface area contributed by atoms with Crippen LogP contribution in [0.5, 0.6) is 5.75 Å². The predicted octanol–water partition coefficient (Wildman–Crippen LogP) is 2.14. The first-order valence-corrected chi connectivity index (χ1v) is 6.56. The topological polar surface area (TPSA) is 67.4 Å². The summed E-state index contributed by atoms with van der Waals surface area (Å²) < 4.78 is 5.46. The van der Waals surface area contributed by atoms with Gasteiger partial charge in [0.1, 0.15) is 5.75 Å². The molecule has 0 radical (unpaired) electrons. The third kappa shape index (κ3) is 2.28. The fourth-order valence-electron chi connectivity index (χ4n) is 2.20. The average molecular weight is 260 g/mol. The summed E-state index contributed by atoms with van der Waals surface area (Å²) in [6.45, 7) is 1.70. The number of hydrogen-bond donors (Lipinski definition) is 2. The molecule has 1 fully saturated rings. The molecule has 1 aliphatic heterocycles. The number of rotatable bonds is 2.